The predicted octanol–water partition coefficient (Wildman–Crippen LogP) is 6.82. The molecule has 7 heteroatoms. The third kappa shape index (κ3) is 8.87. The van der Waals surface area contributed by atoms with E-state index in [0.717, 1.165) is 46.0 Å². The molecule has 0 spiro atoms. The van der Waals surface area contributed by atoms with Crippen molar-refractivity contribution in [2.24, 2.45) is 11.1 Å². The molecule has 0 bridgehead atoms. The zero-order valence-electron chi connectivity index (χ0n) is 23.8. The van der Waals surface area contributed by atoms with Crippen LogP contribution < -0.4 is 15.8 Å². The van der Waals surface area contributed by atoms with Gasteiger partial charge in [0.15, 0.2) is 0 Å². The summed E-state index contributed by atoms with van der Waals surface area (Å²) >= 11 is 1.72. The zero-order valence-corrected chi connectivity index (χ0v) is 24.6. The number of carbonyl (C=O) groups excluding carboxylic acids is 1. The van der Waals surface area contributed by atoms with E-state index < -0.39 is 5.41 Å². The molecule has 1 aromatic heterocycles. The number of nitrogens with two attached hydrogens (primary N) is 1. The Labute approximate surface area is 237 Å². The van der Waals surface area contributed by atoms with Crippen LogP contribution in [0.3, 0.4) is 0 Å². The van der Waals surface area contributed by atoms with E-state index in [4.69, 9.17) is 19.9 Å². The Kier molecular flexibility index (Phi) is 11.4. The second-order valence-electron chi connectivity index (χ2n) is 10.2. The number of thiophene rings is 1. The van der Waals surface area contributed by atoms with Crippen LogP contribution in [0.5, 0.6) is 5.75 Å². The van der Waals surface area contributed by atoms with E-state index in [2.05, 4.69) is 18.3 Å². The number of hydrogen-bond donors (Lipinski definition) is 2. The summed E-state index contributed by atoms with van der Waals surface area (Å²) in [6.07, 6.45) is 3.26. The first kappa shape index (κ1) is 30.3. The van der Waals surface area contributed by atoms with Crippen LogP contribution in [0.1, 0.15) is 66.0 Å². The number of nitrogens with one attached hydrogen (secondary N) is 1. The topological polar surface area (TPSA) is 82.8 Å². The maximum absolute atomic E-state index is 13.4. The average Bonchev–Trinajstić information content (AvgIpc) is 3.30. The van der Waals surface area contributed by atoms with Gasteiger partial charge in [0, 0.05) is 34.1 Å². The van der Waals surface area contributed by atoms with Gasteiger partial charge in [0.05, 0.1) is 25.7 Å². The summed E-state index contributed by atoms with van der Waals surface area (Å²) in [4.78, 5) is 15.8. The highest BCUT2D eigenvalue weighted by Crippen LogP contribution is 2.44. The van der Waals surface area contributed by atoms with Crippen LogP contribution in [0, 0.1) is 12.3 Å². The van der Waals surface area contributed by atoms with E-state index in [9.17, 15) is 4.79 Å². The van der Waals surface area contributed by atoms with Gasteiger partial charge in [-0.05, 0) is 75.4 Å². The van der Waals surface area contributed by atoms with Crippen molar-refractivity contribution in [2.45, 2.75) is 66.3 Å². The number of hydrogen-bond acceptors (Lipinski definition) is 7. The highest BCUT2D eigenvalue weighted by atomic mass is 32.1. The van der Waals surface area contributed by atoms with E-state index in [0.29, 0.717) is 19.6 Å². The summed E-state index contributed by atoms with van der Waals surface area (Å²) < 4.78 is 17.1. The van der Waals surface area contributed by atoms with Crippen LogP contribution in [0.2, 0.25) is 0 Å². The molecule has 2 aromatic carbocycles. The molecule has 3 rings (SSSR count). The Balaban J connectivity index is 1.74. The zero-order chi connectivity index (χ0) is 28.3. The standard InChI is InChI=1S/C32H42N2O4S/c1-6-34-19-27(33)14-17-29(32(3,4)31(35)38-21-24-10-8-7-9-11-24)30-18-26(23(2)39-30)22-37-20-25-12-15-28(36-5)16-13-25/h7-13,15-16,18-19,29,34H,6,14,17,20-22,33H2,1-5H3/b27-19-/t29-/m1/s1. The van der Waals surface area contributed by atoms with Crippen LogP contribution in [-0.4, -0.2) is 19.6 Å². The van der Waals surface area contributed by atoms with Gasteiger partial charge < -0.3 is 25.3 Å². The summed E-state index contributed by atoms with van der Waals surface area (Å²) in [5, 5.41) is 3.17. The van der Waals surface area contributed by atoms with Crippen molar-refractivity contribution >= 4 is 17.3 Å². The number of rotatable bonds is 15. The number of methoxy groups -OCH3 is 1. The maximum atomic E-state index is 13.4. The third-order valence-electron chi connectivity index (χ3n) is 6.89. The molecule has 39 heavy (non-hydrogen) atoms. The van der Waals surface area contributed by atoms with Crippen molar-refractivity contribution in [1.82, 2.24) is 5.32 Å². The largest absolute Gasteiger partial charge is 0.497 e. The molecule has 1 heterocycles. The van der Waals surface area contributed by atoms with Gasteiger partial charge in [-0.25, -0.2) is 0 Å². The lowest BCUT2D eigenvalue weighted by Crippen LogP contribution is -2.33. The maximum Gasteiger partial charge on any atom is 0.312 e. The summed E-state index contributed by atoms with van der Waals surface area (Å²) in [6, 6.07) is 19.9. The van der Waals surface area contributed by atoms with Crippen molar-refractivity contribution in [3.63, 3.8) is 0 Å². The molecule has 0 aliphatic carbocycles. The van der Waals surface area contributed by atoms with Crippen molar-refractivity contribution in [2.75, 3.05) is 13.7 Å². The number of esters is 1. The van der Waals surface area contributed by atoms with Gasteiger partial charge in [-0.3, -0.25) is 4.79 Å². The van der Waals surface area contributed by atoms with Gasteiger partial charge in [-0.15, -0.1) is 11.3 Å². The lowest BCUT2D eigenvalue weighted by atomic mass is 9.75. The fourth-order valence-electron chi connectivity index (χ4n) is 4.39. The van der Waals surface area contributed by atoms with Crippen LogP contribution in [0.15, 0.2) is 72.6 Å². The Morgan fingerprint density at radius 1 is 1.05 bits per heavy atom. The number of allylic oxidation sites excluding steroid dienone is 1. The van der Waals surface area contributed by atoms with Gasteiger partial charge in [-0.1, -0.05) is 42.5 Å². The molecular weight excluding hydrogens is 508 g/mol. The minimum absolute atomic E-state index is 0.0617. The molecule has 0 fully saturated rings. The van der Waals surface area contributed by atoms with Gasteiger partial charge in [0.2, 0.25) is 0 Å². The number of carbonyl (C=O) groups is 1. The highest BCUT2D eigenvalue weighted by Gasteiger charge is 2.40. The first-order valence-corrected chi connectivity index (χ1v) is 14.2. The van der Waals surface area contributed by atoms with Crippen molar-refractivity contribution in [3.05, 3.63) is 99.0 Å². The second-order valence-corrected chi connectivity index (χ2v) is 11.5. The summed E-state index contributed by atoms with van der Waals surface area (Å²) in [5.41, 5.74) is 9.50. The number of benzene rings is 2. The molecule has 210 valence electrons. The normalized spacial score (nSPS) is 12.7. The first-order valence-electron chi connectivity index (χ1n) is 13.4. The first-order chi connectivity index (χ1) is 18.7. The number of aryl methyl sites for hydroxylation is 1. The summed E-state index contributed by atoms with van der Waals surface area (Å²) in [5.74, 6) is 0.552. The van der Waals surface area contributed by atoms with Crippen LogP contribution in [0.25, 0.3) is 0 Å². The highest BCUT2D eigenvalue weighted by molar-refractivity contribution is 7.12. The van der Waals surface area contributed by atoms with Crippen LogP contribution in [-0.2, 0) is 34.1 Å². The average molecular weight is 551 g/mol. The summed E-state index contributed by atoms with van der Waals surface area (Å²) in [6.45, 7) is 10.2. The van der Waals surface area contributed by atoms with E-state index in [-0.39, 0.29) is 18.5 Å². The third-order valence-corrected chi connectivity index (χ3v) is 8.10. The van der Waals surface area contributed by atoms with Crippen LogP contribution in [0.4, 0.5) is 0 Å². The molecule has 3 aromatic rings. The molecule has 0 radical (unpaired) electrons. The Hall–Kier alpha value is -3.29. The molecular formula is C32H42N2O4S. The van der Waals surface area contributed by atoms with Gasteiger partial charge >= 0.3 is 5.97 Å². The number of ether oxygens (including phenoxy) is 3. The Morgan fingerprint density at radius 3 is 2.41 bits per heavy atom. The van der Waals surface area contributed by atoms with E-state index in [1.165, 1.54) is 4.88 Å². The van der Waals surface area contributed by atoms with Gasteiger partial charge in [0.25, 0.3) is 0 Å². The second kappa shape index (κ2) is 14.8. The Bertz CT molecular complexity index is 1200. The molecule has 1 atom stereocenters. The fraction of sp³-hybridized carbons (Fsp3) is 0.406. The lowest BCUT2D eigenvalue weighted by Gasteiger charge is -2.32. The van der Waals surface area contributed by atoms with Crippen molar-refractivity contribution < 1.29 is 19.0 Å². The van der Waals surface area contributed by atoms with E-state index >= 15 is 0 Å². The van der Waals surface area contributed by atoms with Gasteiger partial charge in [-0.2, -0.15) is 0 Å². The Morgan fingerprint density at radius 2 is 1.74 bits per heavy atom. The molecule has 0 saturated carbocycles. The molecule has 6 nitrogen and oxygen atoms in total. The van der Waals surface area contributed by atoms with Gasteiger partial charge in [0.1, 0.15) is 12.4 Å². The van der Waals surface area contributed by atoms with Crippen molar-refractivity contribution in [1.29, 1.82) is 0 Å². The molecule has 0 aliphatic rings. The minimum Gasteiger partial charge on any atom is -0.497 e. The quantitative estimate of drug-likeness (QED) is 0.202. The smallest absolute Gasteiger partial charge is 0.312 e. The van der Waals surface area contributed by atoms with E-state index in [1.807, 2.05) is 81.6 Å². The molecule has 0 amide bonds. The predicted molar refractivity (Wildman–Crippen MR) is 158 cm³/mol. The lowest BCUT2D eigenvalue weighted by molar-refractivity contribution is -0.156. The molecule has 3 N–H and O–H groups in total. The SMILES string of the molecule is CCN/C=C(\N)CC[C@H](c1cc(COCc2ccc(OC)cc2)c(C)s1)C(C)(C)C(=O)OCc1ccccc1. The molecule has 0 aliphatic heterocycles. The fourth-order valence-corrected chi connectivity index (χ4v) is 5.75. The van der Waals surface area contributed by atoms with Crippen molar-refractivity contribution in [3.8, 4) is 5.75 Å². The minimum atomic E-state index is -0.744. The molecule has 0 unspecified atom stereocenters. The summed E-state index contributed by atoms with van der Waals surface area (Å²) in [7, 11) is 1.66. The van der Waals surface area contributed by atoms with Crippen LogP contribution >= 0.6 is 11.3 Å². The monoisotopic (exact) mass is 550 g/mol. The van der Waals surface area contributed by atoms with E-state index in [1.54, 1.807) is 18.4 Å². The molecule has 0 saturated heterocycles.